The van der Waals surface area contributed by atoms with Crippen LogP contribution in [0.3, 0.4) is 0 Å². The molecule has 0 N–H and O–H groups in total. The molecule has 0 aliphatic carbocycles. The molecule has 1 aromatic heterocycles. The van der Waals surface area contributed by atoms with Crippen molar-refractivity contribution in [3.63, 3.8) is 0 Å². The van der Waals surface area contributed by atoms with Crippen LogP contribution in [0.25, 0.3) is 34.5 Å². The number of benzene rings is 3. The predicted octanol–water partition coefficient (Wildman–Crippen LogP) is 8.91. The first-order valence-electron chi connectivity index (χ1n) is 11.3. The van der Waals surface area contributed by atoms with Crippen molar-refractivity contribution in [2.24, 2.45) is 7.05 Å². The Bertz CT molecular complexity index is 1350. The molecular formula is C28H25BBr2F4N2. The van der Waals surface area contributed by atoms with Gasteiger partial charge in [-0.05, 0) is 71.3 Å². The van der Waals surface area contributed by atoms with Crippen LogP contribution in [-0.4, -0.2) is 21.3 Å². The summed E-state index contributed by atoms with van der Waals surface area (Å²) in [4.78, 5) is 2.11. The van der Waals surface area contributed by atoms with Crippen LogP contribution in [0.5, 0.6) is 0 Å². The lowest BCUT2D eigenvalue weighted by Gasteiger charge is -2.11. The molecule has 0 atom stereocenters. The minimum Gasteiger partial charge on any atom is -0.418 e. The molecule has 0 aliphatic heterocycles. The molecule has 0 radical (unpaired) electrons. The molecule has 3 aromatic carbocycles. The Morgan fingerprint density at radius 3 is 1.65 bits per heavy atom. The summed E-state index contributed by atoms with van der Waals surface area (Å²) in [7, 11) is 0.238. The van der Waals surface area contributed by atoms with Crippen LogP contribution >= 0.6 is 31.9 Å². The van der Waals surface area contributed by atoms with Gasteiger partial charge >= 0.3 is 7.25 Å². The Balaban J connectivity index is 0.000000695. The van der Waals surface area contributed by atoms with Gasteiger partial charge in [0.15, 0.2) is 0 Å². The molecule has 37 heavy (non-hydrogen) atoms. The maximum atomic E-state index is 9.75. The van der Waals surface area contributed by atoms with Crippen molar-refractivity contribution in [2.75, 3.05) is 19.0 Å². The fourth-order valence-corrected chi connectivity index (χ4v) is 4.14. The number of hydrogen-bond donors (Lipinski definition) is 0. The average molecular weight is 636 g/mol. The lowest BCUT2D eigenvalue weighted by atomic mass is 10.0. The SMILES string of the molecule is CN(C)c1ccc(/C=C/c2cc(-c3ccc(Br)cc3)cc(-c3ccc(Br)cc3)[n+]2C)cc1.F[B-](F)(F)F. The normalized spacial score (nSPS) is 11.3. The van der Waals surface area contributed by atoms with E-state index in [1.54, 1.807) is 0 Å². The van der Waals surface area contributed by atoms with Gasteiger partial charge in [0.2, 0.25) is 11.4 Å². The number of nitrogens with zero attached hydrogens (tertiary/aromatic N) is 2. The summed E-state index contributed by atoms with van der Waals surface area (Å²) < 4.78 is 43.4. The number of aromatic nitrogens is 1. The quantitative estimate of drug-likeness (QED) is 0.121. The lowest BCUT2D eigenvalue weighted by Crippen LogP contribution is -2.34. The molecule has 0 aliphatic rings. The van der Waals surface area contributed by atoms with Crippen molar-refractivity contribution in [3.05, 3.63) is 105 Å². The fourth-order valence-electron chi connectivity index (χ4n) is 3.61. The van der Waals surface area contributed by atoms with E-state index in [0.29, 0.717) is 0 Å². The molecular weight excluding hydrogens is 611 g/mol. The summed E-state index contributed by atoms with van der Waals surface area (Å²) in [5.41, 5.74) is 8.24. The van der Waals surface area contributed by atoms with E-state index in [2.05, 4.69) is 160 Å². The molecule has 0 amide bonds. The molecule has 9 heteroatoms. The molecule has 1 heterocycles. The van der Waals surface area contributed by atoms with E-state index >= 15 is 0 Å². The van der Waals surface area contributed by atoms with Crippen LogP contribution in [0.4, 0.5) is 23.0 Å². The van der Waals surface area contributed by atoms with Crippen molar-refractivity contribution in [2.45, 2.75) is 0 Å². The van der Waals surface area contributed by atoms with Crippen molar-refractivity contribution < 1.29 is 21.8 Å². The maximum Gasteiger partial charge on any atom is 0.673 e. The Labute approximate surface area is 231 Å². The minimum atomic E-state index is -6.00. The Morgan fingerprint density at radius 2 is 1.16 bits per heavy atom. The summed E-state index contributed by atoms with van der Waals surface area (Å²) in [6, 6.07) is 30.1. The zero-order chi connectivity index (χ0) is 27.2. The molecule has 4 rings (SSSR count). The van der Waals surface area contributed by atoms with Crippen molar-refractivity contribution in [1.29, 1.82) is 0 Å². The molecule has 0 unspecified atom stereocenters. The first kappa shape index (κ1) is 28.7. The molecule has 2 nitrogen and oxygen atoms in total. The Hall–Kier alpha value is -2.91. The molecule has 0 spiro atoms. The second kappa shape index (κ2) is 12.6. The summed E-state index contributed by atoms with van der Waals surface area (Å²) in [5.74, 6) is 0. The van der Waals surface area contributed by atoms with Crippen LogP contribution in [0.2, 0.25) is 0 Å². The van der Waals surface area contributed by atoms with Crippen LogP contribution in [0.1, 0.15) is 11.3 Å². The summed E-state index contributed by atoms with van der Waals surface area (Å²) in [6.45, 7) is 0. The molecule has 0 saturated carbocycles. The van der Waals surface area contributed by atoms with Crippen molar-refractivity contribution >= 4 is 57.0 Å². The highest BCUT2D eigenvalue weighted by Gasteiger charge is 2.20. The van der Waals surface area contributed by atoms with Gasteiger partial charge in [-0.25, -0.2) is 0 Å². The zero-order valence-electron chi connectivity index (χ0n) is 20.5. The first-order chi connectivity index (χ1) is 17.4. The third kappa shape index (κ3) is 8.86. The molecule has 0 bridgehead atoms. The van der Waals surface area contributed by atoms with Gasteiger partial charge in [-0.1, -0.05) is 56.1 Å². The van der Waals surface area contributed by atoms with Gasteiger partial charge in [0, 0.05) is 52.5 Å². The second-order valence-corrected chi connectivity index (χ2v) is 10.3. The standard InChI is InChI=1S/C28H25Br2N2.BF4/c1-31(2)26-15-4-20(5-16-26)6-17-27-18-23(21-7-11-24(29)12-8-21)19-28(32(27)3)22-9-13-25(30)14-10-22;2-1(3,4)5/h4-19H,1-3H3;/q+1;-1. The van der Waals surface area contributed by atoms with E-state index in [9.17, 15) is 17.3 Å². The number of anilines is 1. The highest BCUT2D eigenvalue weighted by atomic mass is 79.9. The van der Waals surface area contributed by atoms with Crippen LogP contribution in [-0.2, 0) is 7.05 Å². The number of hydrogen-bond acceptors (Lipinski definition) is 1. The third-order valence-corrected chi connectivity index (χ3v) is 6.58. The first-order valence-corrected chi connectivity index (χ1v) is 12.9. The van der Waals surface area contributed by atoms with Crippen molar-refractivity contribution in [1.82, 2.24) is 0 Å². The van der Waals surface area contributed by atoms with Crippen molar-refractivity contribution in [3.8, 4) is 22.4 Å². The zero-order valence-corrected chi connectivity index (χ0v) is 23.6. The predicted molar refractivity (Wildman–Crippen MR) is 154 cm³/mol. The van der Waals surface area contributed by atoms with E-state index in [0.717, 1.165) is 14.6 Å². The van der Waals surface area contributed by atoms with Gasteiger partial charge in [-0.3, -0.25) is 0 Å². The average Bonchev–Trinajstić information content (AvgIpc) is 2.84. The molecule has 192 valence electrons. The molecule has 0 fully saturated rings. The van der Waals surface area contributed by atoms with Crippen LogP contribution in [0.15, 0.2) is 93.9 Å². The van der Waals surface area contributed by atoms with Gasteiger partial charge in [0.1, 0.15) is 7.05 Å². The highest BCUT2D eigenvalue weighted by molar-refractivity contribution is 9.10. The highest BCUT2D eigenvalue weighted by Crippen LogP contribution is 2.28. The van der Waals surface area contributed by atoms with Gasteiger partial charge in [-0.2, -0.15) is 4.57 Å². The van der Waals surface area contributed by atoms with Crippen LogP contribution in [0, 0.1) is 0 Å². The van der Waals surface area contributed by atoms with Gasteiger partial charge in [-0.15, -0.1) is 0 Å². The lowest BCUT2D eigenvalue weighted by molar-refractivity contribution is -0.662. The van der Waals surface area contributed by atoms with Gasteiger partial charge in [0.05, 0.1) is 0 Å². The van der Waals surface area contributed by atoms with Crippen LogP contribution < -0.4 is 9.47 Å². The van der Waals surface area contributed by atoms with Gasteiger partial charge < -0.3 is 22.2 Å². The summed E-state index contributed by atoms with van der Waals surface area (Å²) in [6.07, 6.45) is 4.36. The van der Waals surface area contributed by atoms with E-state index in [-0.39, 0.29) is 0 Å². The monoisotopic (exact) mass is 634 g/mol. The number of pyridine rings is 1. The maximum absolute atomic E-state index is 9.75. The van der Waals surface area contributed by atoms with E-state index in [1.807, 2.05) is 0 Å². The van der Waals surface area contributed by atoms with Gasteiger partial charge in [0.25, 0.3) is 0 Å². The van der Waals surface area contributed by atoms with E-state index in [1.165, 1.54) is 33.6 Å². The fraction of sp³-hybridized carbons (Fsp3) is 0.107. The molecule has 0 saturated heterocycles. The second-order valence-electron chi connectivity index (χ2n) is 8.44. The smallest absolute Gasteiger partial charge is 0.418 e. The minimum absolute atomic E-state index is 1.08. The molecule has 4 aromatic rings. The third-order valence-electron chi connectivity index (χ3n) is 5.52. The number of rotatable bonds is 5. The number of halogens is 6. The summed E-state index contributed by atoms with van der Waals surface area (Å²) in [5, 5.41) is 0. The topological polar surface area (TPSA) is 7.12 Å². The largest absolute Gasteiger partial charge is 0.673 e. The van der Waals surface area contributed by atoms with E-state index in [4.69, 9.17) is 0 Å². The Kier molecular flexibility index (Phi) is 9.73. The summed E-state index contributed by atoms with van der Waals surface area (Å²) >= 11 is 7.09. The van der Waals surface area contributed by atoms with E-state index < -0.39 is 7.25 Å². The Morgan fingerprint density at radius 1 is 0.676 bits per heavy atom.